The summed E-state index contributed by atoms with van der Waals surface area (Å²) in [7, 11) is 4.05. The number of hydrogen-bond donors (Lipinski definition) is 2. The Morgan fingerprint density at radius 1 is 1.17 bits per heavy atom. The molecule has 0 aromatic heterocycles. The lowest BCUT2D eigenvalue weighted by atomic mass is 10.2. The number of carbonyl (C=O) groups is 1. The molecular weight excluding hydrogens is 322 g/mol. The van der Waals surface area contributed by atoms with Crippen molar-refractivity contribution >= 4 is 28.9 Å². The van der Waals surface area contributed by atoms with Crippen LogP contribution in [0.2, 0.25) is 5.02 Å². The molecule has 2 rings (SSSR count). The van der Waals surface area contributed by atoms with Gasteiger partial charge >= 0.3 is 0 Å². The highest BCUT2D eigenvalue weighted by Gasteiger charge is 2.13. The van der Waals surface area contributed by atoms with Gasteiger partial charge in [-0.05, 0) is 37.3 Å². The van der Waals surface area contributed by atoms with Crippen LogP contribution in [-0.4, -0.2) is 33.1 Å². The highest BCUT2D eigenvalue weighted by Crippen LogP contribution is 2.14. The number of carbonyl (C=O) groups excluding carboxylic acids is 1. The van der Waals surface area contributed by atoms with Crippen molar-refractivity contribution in [3.8, 4) is 0 Å². The van der Waals surface area contributed by atoms with E-state index >= 15 is 0 Å². The third-order valence-electron chi connectivity index (χ3n) is 3.93. The lowest BCUT2D eigenvalue weighted by Crippen LogP contribution is -3.11. The molecule has 2 N–H and O–H groups in total. The van der Waals surface area contributed by atoms with E-state index in [9.17, 15) is 4.79 Å². The average molecular weight is 347 g/mol. The molecule has 1 amide bonds. The molecule has 0 bridgehead atoms. The van der Waals surface area contributed by atoms with Crippen molar-refractivity contribution in [2.75, 3.05) is 37.4 Å². The molecule has 128 valence electrons. The molecule has 1 atom stereocenters. The number of likely N-dealkylation sites (N-methyl/N-ethyl adjacent to an activating group) is 1. The van der Waals surface area contributed by atoms with E-state index < -0.39 is 0 Å². The minimum atomic E-state index is -0.000900. The van der Waals surface area contributed by atoms with E-state index in [4.69, 9.17) is 11.6 Å². The van der Waals surface area contributed by atoms with Crippen LogP contribution in [0.1, 0.15) is 12.5 Å². The van der Waals surface area contributed by atoms with Crippen molar-refractivity contribution in [1.82, 2.24) is 0 Å². The monoisotopic (exact) mass is 346 g/mol. The van der Waals surface area contributed by atoms with Crippen molar-refractivity contribution in [1.29, 1.82) is 0 Å². The normalized spacial score (nSPS) is 11.8. The maximum absolute atomic E-state index is 12.2. The first-order valence-electron chi connectivity index (χ1n) is 8.13. The average Bonchev–Trinajstić information content (AvgIpc) is 2.54. The predicted molar refractivity (Wildman–Crippen MR) is 101 cm³/mol. The van der Waals surface area contributed by atoms with Crippen LogP contribution in [0.25, 0.3) is 0 Å². The second-order valence-electron chi connectivity index (χ2n) is 6.08. The van der Waals surface area contributed by atoms with Gasteiger partial charge in [0.2, 0.25) is 0 Å². The molecule has 0 aliphatic heterocycles. The molecule has 1 unspecified atom stereocenters. The molecule has 0 saturated heterocycles. The first kappa shape index (κ1) is 18.3. The summed E-state index contributed by atoms with van der Waals surface area (Å²) in [4.78, 5) is 15.5. The molecule has 4 nitrogen and oxygen atoms in total. The van der Waals surface area contributed by atoms with Crippen molar-refractivity contribution in [3.63, 3.8) is 0 Å². The highest BCUT2D eigenvalue weighted by molar-refractivity contribution is 6.30. The quantitative estimate of drug-likeness (QED) is 0.808. The summed E-state index contributed by atoms with van der Waals surface area (Å²) in [5.41, 5.74) is 3.14. The zero-order chi connectivity index (χ0) is 17.5. The molecule has 0 spiro atoms. The molecule has 0 heterocycles. The second-order valence-corrected chi connectivity index (χ2v) is 6.51. The minimum Gasteiger partial charge on any atom is -0.378 e. The van der Waals surface area contributed by atoms with Gasteiger partial charge in [0.05, 0.1) is 6.54 Å². The van der Waals surface area contributed by atoms with Crippen LogP contribution in [0.15, 0.2) is 48.5 Å². The molecule has 5 heteroatoms. The van der Waals surface area contributed by atoms with Gasteiger partial charge in [-0.2, -0.15) is 0 Å². The minimum absolute atomic E-state index is 0.000900. The molecular formula is C19H25ClN3O+. The molecule has 0 radical (unpaired) electrons. The Balaban J connectivity index is 1.92. The SMILES string of the molecule is CC[NH+](CC(=O)Nc1cccc(Cl)c1)Cc1ccc(N(C)C)cc1. The van der Waals surface area contributed by atoms with Crippen LogP contribution >= 0.6 is 11.6 Å². The third kappa shape index (κ3) is 5.55. The Morgan fingerprint density at radius 2 is 1.88 bits per heavy atom. The fourth-order valence-electron chi connectivity index (χ4n) is 2.51. The van der Waals surface area contributed by atoms with E-state index in [1.54, 1.807) is 12.1 Å². The largest absolute Gasteiger partial charge is 0.378 e. The molecule has 24 heavy (non-hydrogen) atoms. The van der Waals surface area contributed by atoms with Gasteiger partial charge in [0, 0.05) is 36.1 Å². The third-order valence-corrected chi connectivity index (χ3v) is 4.16. The van der Waals surface area contributed by atoms with Crippen molar-refractivity contribution in [3.05, 3.63) is 59.1 Å². The van der Waals surface area contributed by atoms with Crippen molar-refractivity contribution < 1.29 is 9.69 Å². The predicted octanol–water partition coefficient (Wildman–Crippen LogP) is 2.45. The summed E-state index contributed by atoms with van der Waals surface area (Å²) >= 11 is 5.94. The number of rotatable bonds is 7. The molecule has 0 aliphatic carbocycles. The van der Waals surface area contributed by atoms with Gasteiger partial charge < -0.3 is 15.1 Å². The smallest absolute Gasteiger partial charge is 0.279 e. The molecule has 2 aromatic carbocycles. The van der Waals surface area contributed by atoms with Gasteiger partial charge in [-0.3, -0.25) is 4.79 Å². The fraction of sp³-hybridized carbons (Fsp3) is 0.316. The zero-order valence-electron chi connectivity index (χ0n) is 14.5. The number of nitrogens with zero attached hydrogens (tertiary/aromatic N) is 1. The molecule has 0 fully saturated rings. The van der Waals surface area contributed by atoms with Gasteiger partial charge in [-0.15, -0.1) is 0 Å². The van der Waals surface area contributed by atoms with Crippen molar-refractivity contribution in [2.45, 2.75) is 13.5 Å². The second kappa shape index (κ2) is 8.71. The standard InChI is InChI=1S/C19H24ClN3O/c1-4-23(13-15-8-10-18(11-9-15)22(2)3)14-19(24)21-17-7-5-6-16(20)12-17/h5-12H,4,13-14H2,1-3H3,(H,21,24)/p+1. The Kier molecular flexibility index (Phi) is 6.64. The summed E-state index contributed by atoms with van der Waals surface area (Å²) in [5.74, 6) is -0.000900. The summed E-state index contributed by atoms with van der Waals surface area (Å²) < 4.78 is 0. The maximum Gasteiger partial charge on any atom is 0.279 e. The van der Waals surface area contributed by atoms with Gasteiger partial charge in [0.15, 0.2) is 6.54 Å². The number of amides is 1. The Hall–Kier alpha value is -2.04. The zero-order valence-corrected chi connectivity index (χ0v) is 15.2. The van der Waals surface area contributed by atoms with E-state index in [0.717, 1.165) is 18.8 Å². The first-order valence-corrected chi connectivity index (χ1v) is 8.51. The van der Waals surface area contributed by atoms with Gasteiger partial charge in [-0.25, -0.2) is 0 Å². The topological polar surface area (TPSA) is 36.8 Å². The van der Waals surface area contributed by atoms with Crippen LogP contribution in [0.5, 0.6) is 0 Å². The summed E-state index contributed by atoms with van der Waals surface area (Å²) in [6.45, 7) is 4.24. The maximum atomic E-state index is 12.2. The van der Waals surface area contributed by atoms with E-state index in [1.165, 1.54) is 16.2 Å². The lowest BCUT2D eigenvalue weighted by molar-refractivity contribution is -0.903. The Labute approximate surface area is 149 Å². The van der Waals surface area contributed by atoms with E-state index in [-0.39, 0.29) is 5.91 Å². The highest BCUT2D eigenvalue weighted by atomic mass is 35.5. The summed E-state index contributed by atoms with van der Waals surface area (Å²) in [6, 6.07) is 15.7. The van der Waals surface area contributed by atoms with E-state index in [0.29, 0.717) is 11.6 Å². The summed E-state index contributed by atoms with van der Waals surface area (Å²) in [5, 5.41) is 3.53. The fourth-order valence-corrected chi connectivity index (χ4v) is 2.70. The van der Waals surface area contributed by atoms with Crippen LogP contribution < -0.4 is 15.1 Å². The lowest BCUT2D eigenvalue weighted by Gasteiger charge is -2.18. The Bertz CT molecular complexity index is 671. The number of hydrogen-bond acceptors (Lipinski definition) is 2. The molecule has 0 aliphatic rings. The van der Waals surface area contributed by atoms with Gasteiger partial charge in [-0.1, -0.05) is 29.8 Å². The van der Waals surface area contributed by atoms with Crippen molar-refractivity contribution in [2.24, 2.45) is 0 Å². The van der Waals surface area contributed by atoms with Crippen LogP contribution in [-0.2, 0) is 11.3 Å². The van der Waals surface area contributed by atoms with Crippen LogP contribution in [0.4, 0.5) is 11.4 Å². The van der Waals surface area contributed by atoms with Crippen LogP contribution in [0, 0.1) is 0 Å². The van der Waals surface area contributed by atoms with E-state index in [2.05, 4.69) is 41.4 Å². The number of halogens is 1. The number of nitrogens with one attached hydrogen (secondary N) is 2. The van der Waals surface area contributed by atoms with E-state index in [1.807, 2.05) is 26.2 Å². The number of quaternary nitrogens is 1. The molecule has 0 saturated carbocycles. The summed E-state index contributed by atoms with van der Waals surface area (Å²) in [6.07, 6.45) is 0. The molecule has 2 aromatic rings. The van der Waals surface area contributed by atoms with Gasteiger partial charge in [0.1, 0.15) is 6.54 Å². The number of anilines is 2. The van der Waals surface area contributed by atoms with Crippen LogP contribution in [0.3, 0.4) is 0 Å². The first-order chi connectivity index (χ1) is 11.5. The Morgan fingerprint density at radius 3 is 2.46 bits per heavy atom. The van der Waals surface area contributed by atoms with Gasteiger partial charge in [0.25, 0.3) is 5.91 Å². The number of benzene rings is 2.